The van der Waals surface area contributed by atoms with Gasteiger partial charge in [-0.05, 0) is 83.5 Å². The highest BCUT2D eigenvalue weighted by Crippen LogP contribution is 2.15. The lowest BCUT2D eigenvalue weighted by molar-refractivity contribution is -0.167. The minimum Gasteiger partial charge on any atom is -0.462 e. The van der Waals surface area contributed by atoms with Crippen LogP contribution in [0.2, 0.25) is 0 Å². The summed E-state index contributed by atoms with van der Waals surface area (Å²) in [5.74, 6) is -0.947. The van der Waals surface area contributed by atoms with E-state index in [0.29, 0.717) is 19.3 Å². The number of rotatable bonds is 51. The molecule has 0 amide bonds. The molecular formula is C60H106O6. The molecule has 0 rings (SSSR count). The zero-order valence-electron chi connectivity index (χ0n) is 43.7. The van der Waals surface area contributed by atoms with Crippen molar-refractivity contribution in [1.29, 1.82) is 0 Å². The van der Waals surface area contributed by atoms with Crippen molar-refractivity contribution in [2.24, 2.45) is 0 Å². The number of carbonyl (C=O) groups excluding carboxylic acids is 3. The quantitative estimate of drug-likeness (QED) is 0.0262. The van der Waals surface area contributed by atoms with E-state index >= 15 is 0 Å². The van der Waals surface area contributed by atoms with Crippen molar-refractivity contribution in [3.8, 4) is 0 Å². The number of unbranched alkanes of at least 4 members (excludes halogenated alkanes) is 30. The Kier molecular flexibility index (Phi) is 52.3. The number of allylic oxidation sites excluding steroid dienone is 10. The fourth-order valence-electron chi connectivity index (χ4n) is 7.96. The van der Waals surface area contributed by atoms with Crippen LogP contribution in [0.4, 0.5) is 0 Å². The van der Waals surface area contributed by atoms with Gasteiger partial charge in [0.1, 0.15) is 13.2 Å². The molecule has 0 heterocycles. The van der Waals surface area contributed by atoms with Crippen LogP contribution in [0, 0.1) is 0 Å². The highest BCUT2D eigenvalue weighted by atomic mass is 16.6. The monoisotopic (exact) mass is 923 g/mol. The van der Waals surface area contributed by atoms with E-state index in [2.05, 4.69) is 81.5 Å². The van der Waals surface area contributed by atoms with Crippen LogP contribution in [0.25, 0.3) is 0 Å². The summed E-state index contributed by atoms with van der Waals surface area (Å²) in [5, 5.41) is 0. The van der Waals surface area contributed by atoms with Gasteiger partial charge in [-0.2, -0.15) is 0 Å². The van der Waals surface area contributed by atoms with Crippen LogP contribution in [0.1, 0.15) is 284 Å². The molecule has 0 aliphatic rings. The summed E-state index contributed by atoms with van der Waals surface area (Å²) in [5.41, 5.74) is 0. The summed E-state index contributed by atoms with van der Waals surface area (Å²) in [6.07, 6.45) is 67.8. The van der Waals surface area contributed by atoms with E-state index in [0.717, 1.165) is 64.2 Å². The Hall–Kier alpha value is -2.89. The second-order valence-corrected chi connectivity index (χ2v) is 18.8. The smallest absolute Gasteiger partial charge is 0.306 e. The standard InChI is InChI=1S/C60H106O6/c1-4-7-10-13-16-19-22-25-27-29-30-32-33-35-38-41-44-47-50-53-59(62)65-56-57(55-64-58(61)52-49-46-43-40-37-24-21-18-15-12-9-6-3)66-60(63)54-51-48-45-42-39-36-34-31-28-26-23-20-17-14-11-8-5-2/h17,20,26,28-30,34,36,42,45,57H,4-16,18-19,21-25,27,31-33,35,37-41,43-44,46-56H2,1-3H3/b20-17-,28-26-,30-29-,36-34-,45-42-. The molecule has 0 aliphatic carbocycles. The maximum atomic E-state index is 12.8. The van der Waals surface area contributed by atoms with Gasteiger partial charge in [0.05, 0.1) is 0 Å². The first-order chi connectivity index (χ1) is 32.5. The molecule has 66 heavy (non-hydrogen) atoms. The third-order valence-corrected chi connectivity index (χ3v) is 12.2. The molecule has 0 aromatic carbocycles. The van der Waals surface area contributed by atoms with Gasteiger partial charge in [-0.1, -0.05) is 242 Å². The van der Waals surface area contributed by atoms with Crippen molar-refractivity contribution in [3.63, 3.8) is 0 Å². The molecule has 0 aromatic heterocycles. The topological polar surface area (TPSA) is 78.9 Å². The lowest BCUT2D eigenvalue weighted by Gasteiger charge is -2.18. The Balaban J connectivity index is 4.42. The van der Waals surface area contributed by atoms with E-state index in [1.54, 1.807) is 0 Å². The summed E-state index contributed by atoms with van der Waals surface area (Å²) in [6.45, 7) is 6.58. The highest BCUT2D eigenvalue weighted by Gasteiger charge is 2.19. The lowest BCUT2D eigenvalue weighted by atomic mass is 10.0. The molecule has 382 valence electrons. The Morgan fingerprint density at radius 2 is 0.561 bits per heavy atom. The normalized spacial score (nSPS) is 12.5. The van der Waals surface area contributed by atoms with Crippen LogP contribution >= 0.6 is 0 Å². The van der Waals surface area contributed by atoms with Gasteiger partial charge in [0.15, 0.2) is 6.10 Å². The molecule has 0 aliphatic heterocycles. The van der Waals surface area contributed by atoms with Crippen LogP contribution < -0.4 is 0 Å². The zero-order valence-corrected chi connectivity index (χ0v) is 43.7. The predicted octanol–water partition coefficient (Wildman–Crippen LogP) is 18.8. The summed E-state index contributed by atoms with van der Waals surface area (Å²) in [7, 11) is 0. The van der Waals surface area contributed by atoms with Gasteiger partial charge in [0, 0.05) is 19.3 Å². The maximum absolute atomic E-state index is 12.8. The first-order valence-corrected chi connectivity index (χ1v) is 28.3. The van der Waals surface area contributed by atoms with E-state index < -0.39 is 6.10 Å². The van der Waals surface area contributed by atoms with Gasteiger partial charge in [-0.3, -0.25) is 14.4 Å². The van der Waals surface area contributed by atoms with Crippen molar-refractivity contribution in [2.75, 3.05) is 13.2 Å². The number of esters is 3. The minimum absolute atomic E-state index is 0.0949. The Morgan fingerprint density at radius 3 is 0.939 bits per heavy atom. The Morgan fingerprint density at radius 1 is 0.303 bits per heavy atom. The van der Waals surface area contributed by atoms with Crippen LogP contribution in [-0.2, 0) is 28.6 Å². The number of ether oxygens (including phenoxy) is 3. The summed E-state index contributed by atoms with van der Waals surface area (Å²) >= 11 is 0. The van der Waals surface area contributed by atoms with Crippen molar-refractivity contribution in [3.05, 3.63) is 60.8 Å². The lowest BCUT2D eigenvalue weighted by Crippen LogP contribution is -2.30. The fourth-order valence-corrected chi connectivity index (χ4v) is 7.96. The minimum atomic E-state index is -0.802. The number of hydrogen-bond acceptors (Lipinski definition) is 6. The SMILES string of the molecule is CCCCC/C=C\C/C=C\C/C=C\C/C=C\CCCC(=O)OC(COC(=O)CCCCCCCCC/C=C\CCCCCCCCCC)COC(=O)CCCCCCCCCCCCCC. The second kappa shape index (κ2) is 54.7. The number of carbonyl (C=O) groups is 3. The molecule has 1 unspecified atom stereocenters. The molecular weight excluding hydrogens is 817 g/mol. The van der Waals surface area contributed by atoms with Crippen LogP contribution in [0.3, 0.4) is 0 Å². The molecule has 0 N–H and O–H groups in total. The molecule has 1 atom stereocenters. The summed E-state index contributed by atoms with van der Waals surface area (Å²) < 4.78 is 16.8. The Labute approximate surface area is 409 Å². The molecule has 6 heteroatoms. The van der Waals surface area contributed by atoms with E-state index in [4.69, 9.17) is 14.2 Å². The molecule has 0 bridgehead atoms. The van der Waals surface area contributed by atoms with Crippen molar-refractivity contribution >= 4 is 17.9 Å². The molecule has 0 saturated carbocycles. The molecule has 0 radical (unpaired) electrons. The third-order valence-electron chi connectivity index (χ3n) is 12.2. The highest BCUT2D eigenvalue weighted by molar-refractivity contribution is 5.71. The summed E-state index contributed by atoms with van der Waals surface area (Å²) in [4.78, 5) is 38.1. The van der Waals surface area contributed by atoms with Gasteiger partial charge in [-0.25, -0.2) is 0 Å². The van der Waals surface area contributed by atoms with Gasteiger partial charge >= 0.3 is 17.9 Å². The van der Waals surface area contributed by atoms with Gasteiger partial charge in [0.2, 0.25) is 0 Å². The third kappa shape index (κ3) is 52.1. The molecule has 0 spiro atoms. The first-order valence-electron chi connectivity index (χ1n) is 28.3. The summed E-state index contributed by atoms with van der Waals surface area (Å²) in [6, 6.07) is 0. The Bertz CT molecular complexity index is 1200. The predicted molar refractivity (Wildman–Crippen MR) is 284 cm³/mol. The van der Waals surface area contributed by atoms with Crippen molar-refractivity contribution < 1.29 is 28.6 Å². The maximum Gasteiger partial charge on any atom is 0.306 e. The fraction of sp³-hybridized carbons (Fsp3) is 0.783. The van der Waals surface area contributed by atoms with Crippen LogP contribution in [-0.4, -0.2) is 37.2 Å². The average molecular weight is 924 g/mol. The van der Waals surface area contributed by atoms with Gasteiger partial charge in [0.25, 0.3) is 0 Å². The van der Waals surface area contributed by atoms with E-state index in [9.17, 15) is 14.4 Å². The molecule has 6 nitrogen and oxygen atoms in total. The van der Waals surface area contributed by atoms with Crippen LogP contribution in [0.15, 0.2) is 60.8 Å². The first kappa shape index (κ1) is 63.1. The van der Waals surface area contributed by atoms with E-state index in [1.165, 1.54) is 173 Å². The molecule has 0 aromatic rings. The van der Waals surface area contributed by atoms with Gasteiger partial charge < -0.3 is 14.2 Å². The van der Waals surface area contributed by atoms with E-state index in [1.807, 2.05) is 0 Å². The number of hydrogen-bond donors (Lipinski definition) is 0. The molecule has 0 saturated heterocycles. The van der Waals surface area contributed by atoms with Gasteiger partial charge in [-0.15, -0.1) is 0 Å². The average Bonchev–Trinajstić information content (AvgIpc) is 3.31. The zero-order chi connectivity index (χ0) is 47.9. The van der Waals surface area contributed by atoms with Crippen molar-refractivity contribution in [2.45, 2.75) is 290 Å². The van der Waals surface area contributed by atoms with E-state index in [-0.39, 0.29) is 37.5 Å². The second-order valence-electron chi connectivity index (χ2n) is 18.8. The molecule has 0 fully saturated rings. The van der Waals surface area contributed by atoms with Crippen molar-refractivity contribution in [1.82, 2.24) is 0 Å². The van der Waals surface area contributed by atoms with Crippen LogP contribution in [0.5, 0.6) is 0 Å². The largest absolute Gasteiger partial charge is 0.462 e.